The lowest BCUT2D eigenvalue weighted by molar-refractivity contribution is 0.0509. The van der Waals surface area contributed by atoms with Gasteiger partial charge in [0.2, 0.25) is 5.43 Å². The minimum Gasteiger partial charge on any atom is -0.453 e. The first kappa shape index (κ1) is 19.2. The zero-order valence-corrected chi connectivity index (χ0v) is 16.6. The van der Waals surface area contributed by atoms with Gasteiger partial charge in [-0.15, -0.1) is 0 Å². The van der Waals surface area contributed by atoms with Crippen molar-refractivity contribution in [2.24, 2.45) is 0 Å². The molecule has 1 aromatic heterocycles. The molecule has 0 saturated carbocycles. The van der Waals surface area contributed by atoms with Crippen molar-refractivity contribution in [1.29, 1.82) is 0 Å². The molecule has 7 heteroatoms. The highest BCUT2D eigenvalue weighted by molar-refractivity contribution is 5.91. The fourth-order valence-electron chi connectivity index (χ4n) is 3.61. The molecule has 3 aromatic rings. The van der Waals surface area contributed by atoms with E-state index in [1.54, 1.807) is 18.2 Å². The highest BCUT2D eigenvalue weighted by atomic mass is 19.1. The van der Waals surface area contributed by atoms with Gasteiger partial charge in [-0.05, 0) is 51.5 Å². The van der Waals surface area contributed by atoms with Gasteiger partial charge >= 0.3 is 6.09 Å². The summed E-state index contributed by atoms with van der Waals surface area (Å²) in [5.41, 5.74) is 0.362. The highest BCUT2D eigenvalue weighted by Gasteiger charge is 2.26. The molecule has 2 aromatic carbocycles. The number of alkyl carbamates (subject to hydrolysis) is 1. The van der Waals surface area contributed by atoms with Crippen molar-refractivity contribution in [1.82, 2.24) is 5.32 Å². The second kappa shape index (κ2) is 7.06. The van der Waals surface area contributed by atoms with Crippen LogP contribution in [0, 0.1) is 5.82 Å². The number of nitrogens with one attached hydrogen (secondary N) is 1. The molecule has 1 atom stereocenters. The summed E-state index contributed by atoms with van der Waals surface area (Å²) < 4.78 is 25.1. The van der Waals surface area contributed by atoms with Crippen molar-refractivity contribution in [2.45, 2.75) is 38.8 Å². The monoisotopic (exact) mass is 398 g/mol. The maximum Gasteiger partial charge on any atom is 0.407 e. The molecule has 1 aliphatic heterocycles. The van der Waals surface area contributed by atoms with Gasteiger partial charge in [0, 0.05) is 24.8 Å². The minimum atomic E-state index is -0.560. The Morgan fingerprint density at radius 1 is 1.24 bits per heavy atom. The van der Waals surface area contributed by atoms with E-state index in [4.69, 9.17) is 9.15 Å². The maximum absolute atomic E-state index is 14.1. The summed E-state index contributed by atoms with van der Waals surface area (Å²) in [6.45, 7) is 6.81. The van der Waals surface area contributed by atoms with Crippen LogP contribution in [0.5, 0.6) is 0 Å². The third kappa shape index (κ3) is 3.90. The van der Waals surface area contributed by atoms with Gasteiger partial charge in [-0.3, -0.25) is 4.79 Å². The average molecular weight is 398 g/mol. The van der Waals surface area contributed by atoms with E-state index in [0.29, 0.717) is 17.5 Å². The number of hydrogen-bond donors (Lipinski definition) is 1. The molecule has 6 nitrogen and oxygen atoms in total. The molecule has 1 N–H and O–H groups in total. The lowest BCUT2D eigenvalue weighted by Crippen LogP contribution is -2.40. The summed E-state index contributed by atoms with van der Waals surface area (Å²) in [6, 6.07) is 9.59. The molecule has 2 heterocycles. The van der Waals surface area contributed by atoms with Gasteiger partial charge in [0.05, 0.1) is 16.8 Å². The number of halogens is 1. The predicted molar refractivity (Wildman–Crippen MR) is 110 cm³/mol. The molecule has 0 spiro atoms. The second-order valence-corrected chi connectivity index (χ2v) is 8.31. The van der Waals surface area contributed by atoms with Gasteiger partial charge in [0.1, 0.15) is 11.2 Å². The van der Waals surface area contributed by atoms with Crippen molar-refractivity contribution >= 4 is 33.7 Å². The normalized spacial score (nSPS) is 17.1. The number of ether oxygens (including phenoxy) is 1. The van der Waals surface area contributed by atoms with Gasteiger partial charge < -0.3 is 19.4 Å². The Morgan fingerprint density at radius 3 is 2.79 bits per heavy atom. The predicted octanol–water partition coefficient (Wildman–Crippen LogP) is 4.19. The smallest absolute Gasteiger partial charge is 0.407 e. The Bertz CT molecular complexity index is 1150. The Balaban J connectivity index is 1.57. The third-order valence-electron chi connectivity index (χ3n) is 4.91. The largest absolute Gasteiger partial charge is 0.453 e. The van der Waals surface area contributed by atoms with Crippen LogP contribution >= 0.6 is 0 Å². The quantitative estimate of drug-likeness (QED) is 0.656. The number of anilines is 1. The van der Waals surface area contributed by atoms with E-state index in [9.17, 15) is 14.0 Å². The van der Waals surface area contributed by atoms with Crippen LogP contribution in [0.15, 0.2) is 45.6 Å². The molecule has 152 valence electrons. The minimum absolute atomic E-state index is 0.0342. The molecule has 29 heavy (non-hydrogen) atoms. The van der Waals surface area contributed by atoms with Crippen LogP contribution in [-0.2, 0) is 4.74 Å². The first-order valence-electron chi connectivity index (χ1n) is 9.61. The van der Waals surface area contributed by atoms with Crippen LogP contribution in [0.25, 0.3) is 21.9 Å². The Hall–Kier alpha value is -3.09. The van der Waals surface area contributed by atoms with E-state index in [1.807, 2.05) is 26.8 Å². The van der Waals surface area contributed by atoms with Gasteiger partial charge in [-0.2, -0.15) is 0 Å². The fourth-order valence-corrected chi connectivity index (χ4v) is 3.61. The Labute approximate surface area is 167 Å². The molecule has 0 bridgehead atoms. The fraction of sp³-hybridized carbons (Fsp3) is 0.364. The van der Waals surface area contributed by atoms with Crippen LogP contribution < -0.4 is 15.6 Å². The van der Waals surface area contributed by atoms with Gasteiger partial charge in [0.15, 0.2) is 11.4 Å². The SMILES string of the molecule is CC(C)(C)OC(=O)NC1CCN(c2ccc3c(=O)c4cccc(F)c4oc3c2)C1. The Morgan fingerprint density at radius 2 is 2.03 bits per heavy atom. The number of fused-ring (bicyclic) bond motifs is 2. The number of benzene rings is 2. The van der Waals surface area contributed by atoms with Crippen LogP contribution in [0.4, 0.5) is 14.9 Å². The van der Waals surface area contributed by atoms with E-state index < -0.39 is 17.5 Å². The summed E-state index contributed by atoms with van der Waals surface area (Å²) in [5.74, 6) is -0.560. The molecule has 0 radical (unpaired) electrons. The zero-order chi connectivity index (χ0) is 20.8. The summed E-state index contributed by atoms with van der Waals surface area (Å²) in [7, 11) is 0. The van der Waals surface area contributed by atoms with Crippen molar-refractivity contribution in [3.63, 3.8) is 0 Å². The van der Waals surface area contributed by atoms with E-state index >= 15 is 0 Å². The van der Waals surface area contributed by atoms with Crippen LogP contribution in [0.2, 0.25) is 0 Å². The number of para-hydroxylation sites is 1. The van der Waals surface area contributed by atoms with Crippen molar-refractivity contribution in [3.8, 4) is 0 Å². The van der Waals surface area contributed by atoms with E-state index in [1.165, 1.54) is 12.1 Å². The van der Waals surface area contributed by atoms with E-state index in [0.717, 1.165) is 18.7 Å². The topological polar surface area (TPSA) is 71.8 Å². The second-order valence-electron chi connectivity index (χ2n) is 8.31. The summed E-state index contributed by atoms with van der Waals surface area (Å²) >= 11 is 0. The van der Waals surface area contributed by atoms with Crippen molar-refractivity contribution in [2.75, 3.05) is 18.0 Å². The number of carbonyl (C=O) groups excluding carboxylic acids is 1. The first-order valence-corrected chi connectivity index (χ1v) is 9.61. The number of carbonyl (C=O) groups is 1. The molecule has 1 aliphatic rings. The van der Waals surface area contributed by atoms with E-state index in [-0.39, 0.29) is 22.4 Å². The molecule has 0 aliphatic carbocycles. The summed E-state index contributed by atoms with van der Waals surface area (Å²) in [6.07, 6.45) is 0.337. The average Bonchev–Trinajstić information content (AvgIpc) is 3.09. The van der Waals surface area contributed by atoms with Gasteiger partial charge in [0.25, 0.3) is 0 Å². The van der Waals surface area contributed by atoms with Gasteiger partial charge in [-0.1, -0.05) is 6.07 Å². The third-order valence-corrected chi connectivity index (χ3v) is 4.91. The Kier molecular flexibility index (Phi) is 4.68. The van der Waals surface area contributed by atoms with Crippen molar-refractivity contribution in [3.05, 3.63) is 52.4 Å². The maximum atomic E-state index is 14.1. The summed E-state index contributed by atoms with van der Waals surface area (Å²) in [4.78, 5) is 26.7. The highest BCUT2D eigenvalue weighted by Crippen LogP contribution is 2.27. The number of rotatable bonds is 2. The lowest BCUT2D eigenvalue weighted by Gasteiger charge is -2.22. The lowest BCUT2D eigenvalue weighted by atomic mass is 10.1. The van der Waals surface area contributed by atoms with Crippen molar-refractivity contribution < 1.29 is 18.3 Å². The summed E-state index contributed by atoms with van der Waals surface area (Å²) in [5, 5.41) is 3.53. The van der Waals surface area contributed by atoms with Crippen LogP contribution in [0.1, 0.15) is 27.2 Å². The standard InChI is InChI=1S/C22H23FN2O4/c1-22(2,3)29-21(27)24-13-9-10-25(12-13)14-7-8-15-18(11-14)28-20-16(19(15)26)5-4-6-17(20)23/h4-8,11,13H,9-10,12H2,1-3H3,(H,24,27). The van der Waals surface area contributed by atoms with Gasteiger partial charge in [-0.25, -0.2) is 9.18 Å². The molecule has 1 unspecified atom stereocenters. The number of hydrogen-bond acceptors (Lipinski definition) is 5. The molecular weight excluding hydrogens is 375 g/mol. The molecule has 4 rings (SSSR count). The van der Waals surface area contributed by atoms with Crippen LogP contribution in [-0.4, -0.2) is 30.8 Å². The number of nitrogens with zero attached hydrogens (tertiary/aromatic N) is 1. The van der Waals surface area contributed by atoms with E-state index in [2.05, 4.69) is 10.2 Å². The molecule has 1 amide bonds. The zero-order valence-electron chi connectivity index (χ0n) is 16.6. The number of amides is 1. The molecular formula is C22H23FN2O4. The molecule has 1 fully saturated rings. The first-order chi connectivity index (χ1) is 13.7. The molecule has 1 saturated heterocycles. The van der Waals surface area contributed by atoms with Crippen LogP contribution in [0.3, 0.4) is 0 Å².